The molecule has 0 aromatic heterocycles. The molecule has 0 heterocycles. The Morgan fingerprint density at radius 3 is 1.27 bits per heavy atom. The Balaban J connectivity index is -0.000000951. The summed E-state index contributed by atoms with van der Waals surface area (Å²) in [5, 5.41) is 0. The summed E-state index contributed by atoms with van der Waals surface area (Å²) >= 11 is 0. The SMILES string of the molecule is CC(C)=O.CCCCCCCCCCCCCCCCOS(=O)(=O)[O-].[Na+]. The number of carbonyl (C=O) groups is 1. The van der Waals surface area contributed by atoms with E-state index < -0.39 is 10.4 Å². The van der Waals surface area contributed by atoms with Gasteiger partial charge < -0.3 is 9.35 Å². The van der Waals surface area contributed by atoms with Crippen LogP contribution >= 0.6 is 0 Å². The van der Waals surface area contributed by atoms with Crippen LogP contribution in [0.2, 0.25) is 0 Å². The fourth-order valence-corrected chi connectivity index (χ4v) is 2.78. The summed E-state index contributed by atoms with van der Waals surface area (Å²) in [7, 11) is -4.49. The zero-order valence-electron chi connectivity index (χ0n) is 17.6. The number of carbonyl (C=O) groups excluding carboxylic acids is 1. The van der Waals surface area contributed by atoms with E-state index in [1.165, 1.54) is 84.5 Å². The van der Waals surface area contributed by atoms with Gasteiger partial charge in [-0.25, -0.2) is 8.42 Å². The molecule has 0 saturated heterocycles. The minimum Gasteiger partial charge on any atom is -0.726 e. The molecule has 0 unspecified atom stereocenters. The molecule has 0 N–H and O–H groups in total. The van der Waals surface area contributed by atoms with Crippen molar-refractivity contribution in [1.29, 1.82) is 0 Å². The van der Waals surface area contributed by atoms with E-state index in [2.05, 4.69) is 11.1 Å². The van der Waals surface area contributed by atoms with Gasteiger partial charge in [-0.2, -0.15) is 0 Å². The summed E-state index contributed by atoms with van der Waals surface area (Å²) in [6.45, 7) is 5.34. The summed E-state index contributed by atoms with van der Waals surface area (Å²) < 4.78 is 34.7. The summed E-state index contributed by atoms with van der Waals surface area (Å²) in [6.07, 6.45) is 17.4. The number of hydrogen-bond acceptors (Lipinski definition) is 5. The molecule has 0 aliphatic heterocycles. The Hall–Kier alpha value is 0.540. The third kappa shape index (κ3) is 39.6. The van der Waals surface area contributed by atoms with Crippen LogP contribution in [0.5, 0.6) is 0 Å². The van der Waals surface area contributed by atoms with E-state index >= 15 is 0 Å². The van der Waals surface area contributed by atoms with E-state index in [0.29, 0.717) is 6.42 Å². The fourth-order valence-electron chi connectivity index (χ4n) is 2.46. The van der Waals surface area contributed by atoms with Crippen molar-refractivity contribution >= 4 is 16.2 Å². The predicted octanol–water partition coefficient (Wildman–Crippen LogP) is 2.54. The molecule has 0 bridgehead atoms. The summed E-state index contributed by atoms with van der Waals surface area (Å²) in [5.41, 5.74) is 0. The van der Waals surface area contributed by atoms with Crippen LogP contribution in [0.1, 0.15) is 111 Å². The molecule has 0 aliphatic rings. The van der Waals surface area contributed by atoms with Gasteiger partial charge in [0.05, 0.1) is 6.61 Å². The normalized spacial score (nSPS) is 10.6. The van der Waals surface area contributed by atoms with Crippen molar-refractivity contribution in [1.82, 2.24) is 0 Å². The topological polar surface area (TPSA) is 83.5 Å². The molecule has 152 valence electrons. The molecule has 0 aliphatic carbocycles. The second kappa shape index (κ2) is 23.6. The minimum atomic E-state index is -4.49. The molecular formula is C19H39NaO5S. The first-order valence-electron chi connectivity index (χ1n) is 9.87. The molecule has 0 saturated carbocycles. The third-order valence-corrected chi connectivity index (χ3v) is 4.18. The van der Waals surface area contributed by atoms with Crippen molar-refractivity contribution < 1.29 is 51.5 Å². The Kier molecular flexibility index (Phi) is 28.3. The van der Waals surface area contributed by atoms with E-state index in [1.54, 1.807) is 0 Å². The Labute approximate surface area is 184 Å². The molecule has 0 atom stereocenters. The zero-order chi connectivity index (χ0) is 19.4. The monoisotopic (exact) mass is 402 g/mol. The second-order valence-corrected chi connectivity index (χ2v) is 7.79. The molecule has 0 amide bonds. The van der Waals surface area contributed by atoms with Gasteiger partial charge in [0, 0.05) is 0 Å². The smallest absolute Gasteiger partial charge is 0.726 e. The van der Waals surface area contributed by atoms with Gasteiger partial charge >= 0.3 is 29.6 Å². The summed E-state index contributed by atoms with van der Waals surface area (Å²) in [4.78, 5) is 9.44. The second-order valence-electron chi connectivity index (χ2n) is 6.73. The minimum absolute atomic E-state index is 0. The predicted molar refractivity (Wildman–Crippen MR) is 102 cm³/mol. The van der Waals surface area contributed by atoms with Crippen molar-refractivity contribution in [2.24, 2.45) is 0 Å². The molecule has 26 heavy (non-hydrogen) atoms. The molecule has 0 radical (unpaired) electrons. The first-order chi connectivity index (χ1) is 11.8. The average molecular weight is 403 g/mol. The number of unbranched alkanes of at least 4 members (excludes halogenated alkanes) is 13. The van der Waals surface area contributed by atoms with Crippen molar-refractivity contribution in [2.45, 2.75) is 111 Å². The Bertz CT molecular complexity index is 381. The van der Waals surface area contributed by atoms with Crippen molar-refractivity contribution in [3.63, 3.8) is 0 Å². The first-order valence-corrected chi connectivity index (χ1v) is 11.2. The van der Waals surface area contributed by atoms with Crippen molar-refractivity contribution in [2.75, 3.05) is 6.61 Å². The molecule has 7 heteroatoms. The first kappa shape index (κ1) is 31.2. The number of ketones is 1. The molecule has 0 spiro atoms. The van der Waals surface area contributed by atoms with Crippen molar-refractivity contribution in [3.8, 4) is 0 Å². The van der Waals surface area contributed by atoms with Crippen LogP contribution in [0.25, 0.3) is 0 Å². The van der Waals surface area contributed by atoms with Crippen LogP contribution in [-0.4, -0.2) is 25.4 Å². The van der Waals surface area contributed by atoms with E-state index in [-0.39, 0.29) is 41.9 Å². The molecular weight excluding hydrogens is 363 g/mol. The van der Waals surface area contributed by atoms with Gasteiger partial charge in [-0.05, 0) is 20.3 Å². The van der Waals surface area contributed by atoms with Gasteiger partial charge in [0.15, 0.2) is 0 Å². The van der Waals surface area contributed by atoms with Gasteiger partial charge in [-0.1, -0.05) is 90.4 Å². The molecule has 0 rings (SSSR count). The van der Waals surface area contributed by atoms with Crippen molar-refractivity contribution in [3.05, 3.63) is 0 Å². The molecule has 0 aromatic rings. The average Bonchev–Trinajstić information content (AvgIpc) is 2.49. The number of hydrogen-bond donors (Lipinski definition) is 0. The summed E-state index contributed by atoms with van der Waals surface area (Å²) in [5.74, 6) is 0.167. The number of Topliss-reactive ketones (excluding diaryl/α,β-unsaturated/α-hetero) is 1. The third-order valence-electron chi connectivity index (χ3n) is 3.73. The Morgan fingerprint density at radius 2 is 1.00 bits per heavy atom. The van der Waals surface area contributed by atoms with Crippen LogP contribution in [0.15, 0.2) is 0 Å². The quantitative estimate of drug-likeness (QED) is 0.171. The maximum atomic E-state index is 10.2. The van der Waals surface area contributed by atoms with Gasteiger partial charge in [0.25, 0.3) is 0 Å². The van der Waals surface area contributed by atoms with Gasteiger partial charge in [0.1, 0.15) is 5.78 Å². The van der Waals surface area contributed by atoms with Crippen LogP contribution in [0.3, 0.4) is 0 Å². The van der Waals surface area contributed by atoms with Gasteiger partial charge in [-0.15, -0.1) is 0 Å². The van der Waals surface area contributed by atoms with Gasteiger partial charge in [-0.3, -0.25) is 4.18 Å². The standard InChI is InChI=1S/C16H34O4S.C3H6O.Na/c1-2-3-4-5-6-7-8-9-10-11-12-13-14-15-16-20-21(17,18)19;1-3(2)4;/h2-16H2,1H3,(H,17,18,19);1-2H3;/q;;+1/p-1. The van der Waals surface area contributed by atoms with E-state index in [9.17, 15) is 17.8 Å². The zero-order valence-corrected chi connectivity index (χ0v) is 20.4. The van der Waals surface area contributed by atoms with E-state index in [1.807, 2.05) is 0 Å². The maximum absolute atomic E-state index is 10.2. The maximum Gasteiger partial charge on any atom is 1.00 e. The Morgan fingerprint density at radius 1 is 0.731 bits per heavy atom. The largest absolute Gasteiger partial charge is 1.00 e. The van der Waals surface area contributed by atoms with Crippen LogP contribution in [0, 0.1) is 0 Å². The van der Waals surface area contributed by atoms with Crippen LogP contribution < -0.4 is 29.6 Å². The van der Waals surface area contributed by atoms with E-state index in [0.717, 1.165) is 12.8 Å². The summed E-state index contributed by atoms with van der Waals surface area (Å²) in [6, 6.07) is 0. The van der Waals surface area contributed by atoms with Crippen LogP contribution in [-0.2, 0) is 19.4 Å². The van der Waals surface area contributed by atoms with Gasteiger partial charge in [0.2, 0.25) is 10.4 Å². The fraction of sp³-hybridized carbons (Fsp3) is 0.947. The number of rotatable bonds is 16. The molecule has 5 nitrogen and oxygen atoms in total. The van der Waals surface area contributed by atoms with Crippen LogP contribution in [0.4, 0.5) is 0 Å². The molecule has 0 aromatic carbocycles. The van der Waals surface area contributed by atoms with E-state index in [4.69, 9.17) is 0 Å². The molecule has 0 fully saturated rings.